The zero-order valence-electron chi connectivity index (χ0n) is 11.2. The lowest BCUT2D eigenvalue weighted by Gasteiger charge is -2.07. The molecule has 5 nitrogen and oxygen atoms in total. The van der Waals surface area contributed by atoms with Crippen LogP contribution in [-0.2, 0) is 0 Å². The summed E-state index contributed by atoms with van der Waals surface area (Å²) < 4.78 is 10.6. The van der Waals surface area contributed by atoms with Gasteiger partial charge in [-0.15, -0.1) is 0 Å². The number of hydrogen-bond acceptors (Lipinski definition) is 5. The van der Waals surface area contributed by atoms with Crippen LogP contribution in [-0.4, -0.2) is 17.3 Å². The Morgan fingerprint density at radius 3 is 2.67 bits per heavy atom. The Labute approximate surface area is 126 Å². The highest BCUT2D eigenvalue weighted by atomic mass is 35.5. The number of nitrogens with two attached hydrogens (primary N) is 1. The lowest BCUT2D eigenvalue weighted by Crippen LogP contribution is -1.93. The van der Waals surface area contributed by atoms with E-state index in [1.165, 1.54) is 0 Å². The molecule has 0 fully saturated rings. The van der Waals surface area contributed by atoms with E-state index >= 15 is 0 Å². The molecule has 3 rings (SSSR count). The van der Waals surface area contributed by atoms with Crippen LogP contribution >= 0.6 is 11.6 Å². The number of anilines is 1. The summed E-state index contributed by atoms with van der Waals surface area (Å²) >= 11 is 6.25. The molecule has 0 radical (unpaired) electrons. The number of aromatic nitrogens is 2. The van der Waals surface area contributed by atoms with Gasteiger partial charge in [0.1, 0.15) is 0 Å². The highest BCUT2D eigenvalue weighted by Crippen LogP contribution is 2.41. The van der Waals surface area contributed by atoms with Crippen LogP contribution in [0, 0.1) is 0 Å². The minimum atomic E-state index is 0.268. The summed E-state index contributed by atoms with van der Waals surface area (Å²) in [4.78, 5) is 4.16. The van der Waals surface area contributed by atoms with Crippen LogP contribution in [0.3, 0.4) is 0 Å². The third-order valence-corrected chi connectivity index (χ3v) is 3.40. The fourth-order valence-electron chi connectivity index (χ4n) is 2.14. The number of methoxy groups -OCH3 is 1. The molecule has 21 heavy (non-hydrogen) atoms. The van der Waals surface area contributed by atoms with E-state index in [0.717, 1.165) is 5.56 Å². The monoisotopic (exact) mass is 301 g/mol. The van der Waals surface area contributed by atoms with Crippen LogP contribution in [0.1, 0.15) is 0 Å². The van der Waals surface area contributed by atoms with Crippen molar-refractivity contribution in [3.05, 3.63) is 47.6 Å². The summed E-state index contributed by atoms with van der Waals surface area (Å²) in [7, 11) is 1.54. The molecule has 2 aromatic heterocycles. The molecule has 106 valence electrons. The van der Waals surface area contributed by atoms with Crippen molar-refractivity contribution in [1.82, 2.24) is 10.1 Å². The standard InChI is InChI=1S/C15H12ClN3O2/c1-20-15-10(6-4-8-18-15)13-12(14(17)19-21-13)9-5-2-3-7-11(9)16/h2-8H,1H3,(H2,17,19). The molecule has 6 heteroatoms. The number of hydrogen-bond donors (Lipinski definition) is 1. The molecule has 0 saturated carbocycles. The third-order valence-electron chi connectivity index (χ3n) is 3.07. The molecule has 0 unspecified atom stereocenters. The Morgan fingerprint density at radius 1 is 1.14 bits per heavy atom. The second kappa shape index (κ2) is 5.46. The molecule has 0 aliphatic heterocycles. The largest absolute Gasteiger partial charge is 0.480 e. The zero-order chi connectivity index (χ0) is 14.8. The number of halogens is 1. The molecule has 0 saturated heterocycles. The second-order valence-corrected chi connectivity index (χ2v) is 4.72. The van der Waals surface area contributed by atoms with Crippen molar-refractivity contribution < 1.29 is 9.26 Å². The van der Waals surface area contributed by atoms with Gasteiger partial charge in [0.05, 0.1) is 18.2 Å². The van der Waals surface area contributed by atoms with E-state index in [0.29, 0.717) is 27.8 Å². The predicted molar refractivity (Wildman–Crippen MR) is 81.1 cm³/mol. The van der Waals surface area contributed by atoms with Crippen LogP contribution in [0.25, 0.3) is 22.5 Å². The molecular weight excluding hydrogens is 290 g/mol. The Kier molecular flexibility index (Phi) is 3.50. The van der Waals surface area contributed by atoms with E-state index in [4.69, 9.17) is 26.6 Å². The van der Waals surface area contributed by atoms with Crippen molar-refractivity contribution in [2.24, 2.45) is 0 Å². The van der Waals surface area contributed by atoms with E-state index in [-0.39, 0.29) is 5.82 Å². The SMILES string of the molecule is COc1ncccc1-c1onc(N)c1-c1ccccc1Cl. The van der Waals surface area contributed by atoms with E-state index < -0.39 is 0 Å². The van der Waals surface area contributed by atoms with E-state index in [1.54, 1.807) is 25.4 Å². The summed E-state index contributed by atoms with van der Waals surface area (Å²) in [5, 5.41) is 4.41. The Hall–Kier alpha value is -2.53. The predicted octanol–water partition coefficient (Wildman–Crippen LogP) is 3.65. The number of nitrogen functional groups attached to an aromatic ring is 1. The maximum atomic E-state index is 6.25. The summed E-state index contributed by atoms with van der Waals surface area (Å²) in [5.74, 6) is 1.18. The van der Waals surface area contributed by atoms with Gasteiger partial charge in [0, 0.05) is 16.8 Å². The summed E-state index contributed by atoms with van der Waals surface area (Å²) in [6.45, 7) is 0. The number of pyridine rings is 1. The molecule has 0 aliphatic rings. The first kappa shape index (κ1) is 13.5. The van der Waals surface area contributed by atoms with Gasteiger partial charge >= 0.3 is 0 Å². The van der Waals surface area contributed by atoms with Gasteiger partial charge in [-0.05, 0) is 18.2 Å². The summed E-state index contributed by atoms with van der Waals surface area (Å²) in [6.07, 6.45) is 1.64. The molecule has 0 aliphatic carbocycles. The van der Waals surface area contributed by atoms with Crippen molar-refractivity contribution in [3.8, 4) is 28.3 Å². The fourth-order valence-corrected chi connectivity index (χ4v) is 2.37. The highest BCUT2D eigenvalue weighted by molar-refractivity contribution is 6.33. The van der Waals surface area contributed by atoms with Gasteiger partial charge in [0.15, 0.2) is 11.6 Å². The zero-order valence-corrected chi connectivity index (χ0v) is 12.0. The molecular formula is C15H12ClN3O2. The topological polar surface area (TPSA) is 74.2 Å². The van der Waals surface area contributed by atoms with Gasteiger partial charge in [-0.25, -0.2) is 4.98 Å². The number of ether oxygens (including phenoxy) is 1. The van der Waals surface area contributed by atoms with Gasteiger partial charge in [0.25, 0.3) is 0 Å². The van der Waals surface area contributed by atoms with Crippen LogP contribution in [0.15, 0.2) is 47.1 Å². The van der Waals surface area contributed by atoms with Gasteiger partial charge in [0.2, 0.25) is 5.88 Å². The molecule has 0 spiro atoms. The summed E-state index contributed by atoms with van der Waals surface area (Å²) in [6, 6.07) is 11.0. The molecule has 1 aromatic carbocycles. The fraction of sp³-hybridized carbons (Fsp3) is 0.0667. The maximum Gasteiger partial charge on any atom is 0.224 e. The highest BCUT2D eigenvalue weighted by Gasteiger charge is 2.22. The number of rotatable bonds is 3. The first-order chi connectivity index (χ1) is 10.2. The Bertz CT molecular complexity index is 786. The number of nitrogens with zero attached hydrogens (tertiary/aromatic N) is 2. The average molecular weight is 302 g/mol. The summed E-state index contributed by atoms with van der Waals surface area (Å²) in [5.41, 5.74) is 7.99. The van der Waals surface area contributed by atoms with Gasteiger partial charge in [-0.1, -0.05) is 35.0 Å². The normalized spacial score (nSPS) is 10.6. The molecule has 2 N–H and O–H groups in total. The first-order valence-electron chi connectivity index (χ1n) is 6.21. The van der Waals surface area contributed by atoms with Gasteiger partial charge < -0.3 is 15.0 Å². The maximum absolute atomic E-state index is 6.25. The quantitative estimate of drug-likeness (QED) is 0.799. The van der Waals surface area contributed by atoms with Crippen LogP contribution in [0.2, 0.25) is 5.02 Å². The molecule has 0 amide bonds. The molecule has 2 heterocycles. The van der Waals surface area contributed by atoms with Crippen LogP contribution < -0.4 is 10.5 Å². The van der Waals surface area contributed by atoms with Crippen LogP contribution in [0.5, 0.6) is 5.88 Å². The smallest absolute Gasteiger partial charge is 0.224 e. The van der Waals surface area contributed by atoms with Gasteiger partial charge in [-0.2, -0.15) is 0 Å². The Morgan fingerprint density at radius 2 is 1.90 bits per heavy atom. The third kappa shape index (κ3) is 2.32. The van der Waals surface area contributed by atoms with Crippen molar-refractivity contribution >= 4 is 17.4 Å². The van der Waals surface area contributed by atoms with Crippen LogP contribution in [0.4, 0.5) is 5.82 Å². The minimum absolute atomic E-state index is 0.268. The second-order valence-electron chi connectivity index (χ2n) is 4.31. The van der Waals surface area contributed by atoms with E-state index in [2.05, 4.69) is 10.1 Å². The average Bonchev–Trinajstić information content (AvgIpc) is 2.89. The lowest BCUT2D eigenvalue weighted by molar-refractivity contribution is 0.393. The van der Waals surface area contributed by atoms with E-state index in [1.807, 2.05) is 24.3 Å². The first-order valence-corrected chi connectivity index (χ1v) is 6.59. The number of benzene rings is 1. The lowest BCUT2D eigenvalue weighted by atomic mass is 10.0. The van der Waals surface area contributed by atoms with Crippen molar-refractivity contribution in [1.29, 1.82) is 0 Å². The molecule has 0 atom stereocenters. The van der Waals surface area contributed by atoms with E-state index in [9.17, 15) is 0 Å². The minimum Gasteiger partial charge on any atom is -0.480 e. The molecule has 3 aromatic rings. The van der Waals surface area contributed by atoms with Gasteiger partial charge in [-0.3, -0.25) is 0 Å². The van der Waals surface area contributed by atoms with Crippen molar-refractivity contribution in [3.63, 3.8) is 0 Å². The Balaban J connectivity index is 2.25. The molecule has 0 bridgehead atoms. The van der Waals surface area contributed by atoms with Crippen molar-refractivity contribution in [2.45, 2.75) is 0 Å². The van der Waals surface area contributed by atoms with Crippen molar-refractivity contribution in [2.75, 3.05) is 12.8 Å².